The molecule has 1 aromatic rings. The molecule has 0 spiro atoms. The van der Waals surface area contributed by atoms with E-state index in [2.05, 4.69) is 41.0 Å². The summed E-state index contributed by atoms with van der Waals surface area (Å²) in [6, 6.07) is 7.92. The zero-order valence-electron chi connectivity index (χ0n) is 14.9. The molecule has 6 nitrogen and oxygen atoms in total. The van der Waals surface area contributed by atoms with Crippen molar-refractivity contribution in [2.45, 2.75) is 32.2 Å². The van der Waals surface area contributed by atoms with Gasteiger partial charge in [-0.1, -0.05) is 12.1 Å². The summed E-state index contributed by atoms with van der Waals surface area (Å²) in [6.07, 6.45) is 1.78. The summed E-state index contributed by atoms with van der Waals surface area (Å²) in [6.45, 7) is 7.18. The summed E-state index contributed by atoms with van der Waals surface area (Å²) in [7, 11) is 0. The fraction of sp³-hybridized carbons (Fsp3) is 0.579. The molecular weight excluding hydrogens is 318 g/mol. The minimum atomic E-state index is -0.877. The van der Waals surface area contributed by atoms with Crippen LogP contribution in [0.5, 0.6) is 0 Å². The Hall–Kier alpha value is -2.08. The second-order valence-electron chi connectivity index (χ2n) is 7.00. The number of nitrogens with zero attached hydrogens (tertiary/aromatic N) is 3. The van der Waals surface area contributed by atoms with Crippen LogP contribution in [0.25, 0.3) is 0 Å². The standard InChI is InChI=1S/C19H27N3O3/c1-15-4-2-5-16(14-15)21-12-10-20(11-13-21)9-7-18(23)22-8-3-6-17(22)19(24)25/h2,4-5,14,17H,3,6-13H2,1H3,(H,24,25)/t17-/m0/s1. The molecule has 3 rings (SSSR count). The average molecular weight is 345 g/mol. The smallest absolute Gasteiger partial charge is 0.326 e. The van der Waals surface area contributed by atoms with Crippen molar-refractivity contribution in [3.63, 3.8) is 0 Å². The molecule has 0 aromatic heterocycles. The molecule has 1 atom stereocenters. The van der Waals surface area contributed by atoms with Crippen LogP contribution < -0.4 is 4.90 Å². The largest absolute Gasteiger partial charge is 0.480 e. The molecule has 136 valence electrons. The molecule has 1 N–H and O–H groups in total. The lowest BCUT2D eigenvalue weighted by Gasteiger charge is -2.36. The zero-order chi connectivity index (χ0) is 17.8. The molecule has 2 aliphatic rings. The van der Waals surface area contributed by atoms with E-state index >= 15 is 0 Å². The molecule has 2 fully saturated rings. The van der Waals surface area contributed by atoms with Crippen molar-refractivity contribution in [1.29, 1.82) is 0 Å². The molecule has 1 amide bonds. The van der Waals surface area contributed by atoms with Gasteiger partial charge in [-0.25, -0.2) is 4.79 Å². The van der Waals surface area contributed by atoms with Gasteiger partial charge in [-0.05, 0) is 37.5 Å². The molecule has 2 heterocycles. The molecule has 0 unspecified atom stereocenters. The first-order valence-electron chi connectivity index (χ1n) is 9.11. The molecule has 0 saturated carbocycles. The highest BCUT2D eigenvalue weighted by Crippen LogP contribution is 2.20. The second-order valence-corrected chi connectivity index (χ2v) is 7.00. The fourth-order valence-corrected chi connectivity index (χ4v) is 3.77. The number of likely N-dealkylation sites (tertiary alicyclic amines) is 1. The van der Waals surface area contributed by atoms with Crippen molar-refractivity contribution >= 4 is 17.6 Å². The number of hydrogen-bond donors (Lipinski definition) is 1. The van der Waals surface area contributed by atoms with Gasteiger partial charge in [-0.3, -0.25) is 9.69 Å². The Morgan fingerprint density at radius 1 is 1.16 bits per heavy atom. The molecule has 0 radical (unpaired) electrons. The highest BCUT2D eigenvalue weighted by molar-refractivity contribution is 5.84. The van der Waals surface area contributed by atoms with Gasteiger partial charge >= 0.3 is 5.97 Å². The average Bonchev–Trinajstić information content (AvgIpc) is 3.10. The van der Waals surface area contributed by atoms with Gasteiger partial charge in [-0.15, -0.1) is 0 Å². The van der Waals surface area contributed by atoms with Crippen molar-refractivity contribution in [3.05, 3.63) is 29.8 Å². The predicted molar refractivity (Wildman–Crippen MR) is 96.8 cm³/mol. The maximum atomic E-state index is 12.4. The molecule has 1 aromatic carbocycles. The lowest BCUT2D eigenvalue weighted by atomic mass is 10.2. The van der Waals surface area contributed by atoms with Crippen LogP contribution in [-0.2, 0) is 9.59 Å². The molecule has 0 aliphatic carbocycles. The van der Waals surface area contributed by atoms with Gasteiger partial charge in [0.05, 0.1) is 0 Å². The Bertz CT molecular complexity index is 626. The first kappa shape index (κ1) is 17.7. The topological polar surface area (TPSA) is 64.1 Å². The monoisotopic (exact) mass is 345 g/mol. The lowest BCUT2D eigenvalue weighted by molar-refractivity contribution is -0.148. The summed E-state index contributed by atoms with van der Waals surface area (Å²) in [4.78, 5) is 29.8. The third kappa shape index (κ3) is 4.31. The van der Waals surface area contributed by atoms with Crippen molar-refractivity contribution in [2.24, 2.45) is 0 Å². The molecular formula is C19H27N3O3. The van der Waals surface area contributed by atoms with Gasteiger partial charge in [0.1, 0.15) is 6.04 Å². The van der Waals surface area contributed by atoms with Gasteiger partial charge in [0.15, 0.2) is 0 Å². The van der Waals surface area contributed by atoms with E-state index in [-0.39, 0.29) is 5.91 Å². The Morgan fingerprint density at radius 2 is 1.92 bits per heavy atom. The number of benzene rings is 1. The third-order valence-electron chi connectivity index (χ3n) is 5.24. The summed E-state index contributed by atoms with van der Waals surface area (Å²) in [5, 5.41) is 9.20. The summed E-state index contributed by atoms with van der Waals surface area (Å²) in [5.74, 6) is -0.899. The highest BCUT2D eigenvalue weighted by Gasteiger charge is 2.33. The number of aliphatic carboxylic acids is 1. The van der Waals surface area contributed by atoms with E-state index in [1.165, 1.54) is 11.3 Å². The van der Waals surface area contributed by atoms with E-state index in [9.17, 15) is 14.7 Å². The van der Waals surface area contributed by atoms with Crippen LogP contribution >= 0.6 is 0 Å². The number of amides is 1. The number of carboxylic acid groups (broad SMARTS) is 1. The van der Waals surface area contributed by atoms with Crippen LogP contribution in [0.1, 0.15) is 24.8 Å². The van der Waals surface area contributed by atoms with Gasteiger partial charge in [0.2, 0.25) is 5.91 Å². The predicted octanol–water partition coefficient (Wildman–Crippen LogP) is 1.58. The maximum Gasteiger partial charge on any atom is 0.326 e. The SMILES string of the molecule is Cc1cccc(N2CCN(CCC(=O)N3CCC[C@H]3C(=O)O)CC2)c1. The number of carbonyl (C=O) groups excluding carboxylic acids is 1. The van der Waals surface area contributed by atoms with Crippen molar-refractivity contribution < 1.29 is 14.7 Å². The summed E-state index contributed by atoms with van der Waals surface area (Å²) in [5.41, 5.74) is 2.53. The van der Waals surface area contributed by atoms with E-state index in [4.69, 9.17) is 0 Å². The molecule has 6 heteroatoms. The second kappa shape index (κ2) is 7.87. The molecule has 2 aliphatic heterocycles. The number of rotatable bonds is 5. The molecule has 25 heavy (non-hydrogen) atoms. The molecule has 0 bridgehead atoms. The van der Waals surface area contributed by atoms with Crippen LogP contribution in [0.2, 0.25) is 0 Å². The van der Waals surface area contributed by atoms with Gasteiger partial charge in [-0.2, -0.15) is 0 Å². The van der Waals surface area contributed by atoms with Gasteiger partial charge in [0, 0.05) is 51.4 Å². The van der Waals surface area contributed by atoms with E-state index < -0.39 is 12.0 Å². The molecule has 2 saturated heterocycles. The summed E-state index contributed by atoms with van der Waals surface area (Å²) < 4.78 is 0. The van der Waals surface area contributed by atoms with Crippen LogP contribution in [0, 0.1) is 6.92 Å². The van der Waals surface area contributed by atoms with E-state index in [1.54, 1.807) is 4.90 Å². The Labute approximate surface area is 149 Å². The highest BCUT2D eigenvalue weighted by atomic mass is 16.4. The van der Waals surface area contributed by atoms with Crippen LogP contribution in [0.4, 0.5) is 5.69 Å². The Balaban J connectivity index is 1.45. The maximum absolute atomic E-state index is 12.4. The lowest BCUT2D eigenvalue weighted by Crippen LogP contribution is -2.48. The number of carbonyl (C=O) groups is 2. The van der Waals surface area contributed by atoms with Crippen LogP contribution in [-0.4, -0.2) is 72.1 Å². The number of piperazine rings is 1. The number of anilines is 1. The Morgan fingerprint density at radius 3 is 2.60 bits per heavy atom. The number of aryl methyl sites for hydroxylation is 1. The fourth-order valence-electron chi connectivity index (χ4n) is 3.77. The summed E-state index contributed by atoms with van der Waals surface area (Å²) >= 11 is 0. The normalized spacial score (nSPS) is 21.6. The number of carboxylic acids is 1. The zero-order valence-corrected chi connectivity index (χ0v) is 14.9. The number of hydrogen-bond acceptors (Lipinski definition) is 4. The first-order valence-corrected chi connectivity index (χ1v) is 9.11. The first-order chi connectivity index (χ1) is 12.0. The van der Waals surface area contributed by atoms with Crippen LogP contribution in [0.3, 0.4) is 0 Å². The van der Waals surface area contributed by atoms with Gasteiger partial charge < -0.3 is 14.9 Å². The van der Waals surface area contributed by atoms with Crippen molar-refractivity contribution in [3.8, 4) is 0 Å². The quantitative estimate of drug-likeness (QED) is 0.878. The van der Waals surface area contributed by atoms with Crippen molar-refractivity contribution in [1.82, 2.24) is 9.80 Å². The van der Waals surface area contributed by atoms with E-state index in [0.29, 0.717) is 25.9 Å². The third-order valence-corrected chi connectivity index (χ3v) is 5.24. The Kier molecular flexibility index (Phi) is 5.58. The van der Waals surface area contributed by atoms with Crippen LogP contribution in [0.15, 0.2) is 24.3 Å². The minimum absolute atomic E-state index is 0.0222. The minimum Gasteiger partial charge on any atom is -0.480 e. The van der Waals surface area contributed by atoms with E-state index in [0.717, 1.165) is 32.6 Å². The van der Waals surface area contributed by atoms with E-state index in [1.807, 2.05) is 0 Å². The van der Waals surface area contributed by atoms with Crippen molar-refractivity contribution in [2.75, 3.05) is 44.2 Å². The van der Waals surface area contributed by atoms with Gasteiger partial charge in [0.25, 0.3) is 0 Å².